The lowest BCUT2D eigenvalue weighted by atomic mass is 10.1. The maximum absolute atomic E-state index is 14.1. The Morgan fingerprint density at radius 3 is 2.30 bits per heavy atom. The average molecular weight is 343 g/mol. The molecule has 2 aromatic rings. The van der Waals surface area contributed by atoms with E-state index >= 15 is 0 Å². The van der Waals surface area contributed by atoms with E-state index in [1.54, 1.807) is 0 Å². The minimum atomic E-state index is -3.85. The molecule has 0 amide bonds. The third-order valence-electron chi connectivity index (χ3n) is 3.86. The highest BCUT2D eigenvalue weighted by atomic mass is 32.2. The summed E-state index contributed by atoms with van der Waals surface area (Å²) in [6.07, 6.45) is 0. The quantitative estimate of drug-likeness (QED) is 0.919. The number of sulfonamides is 1. The van der Waals surface area contributed by atoms with E-state index in [1.807, 2.05) is 13.8 Å². The van der Waals surface area contributed by atoms with Gasteiger partial charge in [-0.1, -0.05) is 31.1 Å². The molecule has 0 radical (unpaired) electrons. The van der Waals surface area contributed by atoms with Gasteiger partial charge in [-0.25, -0.2) is 22.3 Å². The van der Waals surface area contributed by atoms with E-state index in [-0.39, 0.29) is 16.7 Å². The highest BCUT2D eigenvalue weighted by molar-refractivity contribution is 7.89. The smallest absolute Gasteiger partial charge is 0.268 e. The molecule has 1 saturated carbocycles. The monoisotopic (exact) mass is 343 g/mol. The van der Waals surface area contributed by atoms with Gasteiger partial charge in [-0.15, -0.1) is 0 Å². The van der Waals surface area contributed by atoms with Gasteiger partial charge in [0.05, 0.1) is 10.8 Å². The van der Waals surface area contributed by atoms with Crippen molar-refractivity contribution < 1.29 is 21.7 Å². The first-order chi connectivity index (χ1) is 10.6. The lowest BCUT2D eigenvalue weighted by Crippen LogP contribution is -2.11. The van der Waals surface area contributed by atoms with Gasteiger partial charge in [-0.05, 0) is 17.7 Å². The van der Waals surface area contributed by atoms with Gasteiger partial charge < -0.3 is 4.52 Å². The van der Waals surface area contributed by atoms with Crippen molar-refractivity contribution in [3.8, 4) is 0 Å². The summed E-state index contributed by atoms with van der Waals surface area (Å²) < 4.78 is 55.6. The van der Waals surface area contributed by atoms with Crippen molar-refractivity contribution in [1.82, 2.24) is 10.1 Å². The van der Waals surface area contributed by atoms with Crippen LogP contribution in [0.2, 0.25) is 0 Å². The third kappa shape index (κ3) is 2.74. The van der Waals surface area contributed by atoms with Crippen LogP contribution in [-0.2, 0) is 10.0 Å². The van der Waals surface area contributed by atoms with Crippen molar-refractivity contribution in [1.29, 1.82) is 0 Å². The van der Waals surface area contributed by atoms with Crippen LogP contribution in [-0.4, -0.2) is 24.5 Å². The van der Waals surface area contributed by atoms with Crippen LogP contribution in [0.5, 0.6) is 0 Å². The summed E-state index contributed by atoms with van der Waals surface area (Å²) in [5.74, 6) is -5.05. The first-order valence-electron chi connectivity index (χ1n) is 6.96. The van der Waals surface area contributed by atoms with Gasteiger partial charge in [0.25, 0.3) is 5.92 Å². The molecular weight excluding hydrogens is 328 g/mol. The van der Waals surface area contributed by atoms with Crippen molar-refractivity contribution in [2.75, 3.05) is 0 Å². The van der Waals surface area contributed by atoms with Crippen molar-refractivity contribution in [2.45, 2.75) is 42.4 Å². The van der Waals surface area contributed by atoms with E-state index in [4.69, 9.17) is 9.66 Å². The Balaban J connectivity index is 1.88. The molecular formula is C14H15F2N3O3S. The van der Waals surface area contributed by atoms with E-state index < -0.39 is 27.8 Å². The Hall–Kier alpha value is -1.87. The molecule has 0 spiro atoms. The number of hydrogen-bond acceptors (Lipinski definition) is 5. The first kappa shape index (κ1) is 16.0. The largest absolute Gasteiger partial charge is 0.339 e. The molecule has 124 valence electrons. The van der Waals surface area contributed by atoms with Crippen LogP contribution in [0, 0.1) is 0 Å². The lowest BCUT2D eigenvalue weighted by Gasteiger charge is -2.01. The molecule has 1 aromatic heterocycles. The summed E-state index contributed by atoms with van der Waals surface area (Å²) in [7, 11) is -3.85. The second-order valence-corrected chi connectivity index (χ2v) is 7.45. The number of hydrogen-bond donors (Lipinski definition) is 1. The zero-order chi connectivity index (χ0) is 17.0. The molecule has 2 N–H and O–H groups in total. The minimum Gasteiger partial charge on any atom is -0.339 e. The van der Waals surface area contributed by atoms with Gasteiger partial charge in [0.15, 0.2) is 5.82 Å². The summed E-state index contributed by atoms with van der Waals surface area (Å²) in [6, 6.07) is 5.09. The Bertz CT molecular complexity index is 831. The van der Waals surface area contributed by atoms with Gasteiger partial charge in [-0.2, -0.15) is 4.98 Å². The number of nitrogens with two attached hydrogens (primary N) is 1. The van der Waals surface area contributed by atoms with Crippen LogP contribution >= 0.6 is 0 Å². The maximum atomic E-state index is 14.1. The molecule has 1 aliphatic carbocycles. The molecule has 1 fully saturated rings. The van der Waals surface area contributed by atoms with Crippen molar-refractivity contribution >= 4 is 10.0 Å². The first-order valence-corrected chi connectivity index (χ1v) is 8.51. The van der Waals surface area contributed by atoms with E-state index in [0.29, 0.717) is 11.4 Å². The Morgan fingerprint density at radius 2 is 1.83 bits per heavy atom. The number of rotatable bonds is 4. The van der Waals surface area contributed by atoms with Crippen molar-refractivity contribution in [3.63, 3.8) is 0 Å². The summed E-state index contributed by atoms with van der Waals surface area (Å²) >= 11 is 0. The average Bonchev–Trinajstić information content (AvgIpc) is 2.84. The van der Waals surface area contributed by atoms with Gasteiger partial charge in [0.2, 0.25) is 15.9 Å². The molecule has 1 heterocycles. The maximum Gasteiger partial charge on any atom is 0.268 e. The number of primary sulfonamides is 1. The fourth-order valence-electron chi connectivity index (χ4n) is 2.52. The number of aromatic nitrogens is 2. The van der Waals surface area contributed by atoms with Crippen LogP contribution < -0.4 is 5.14 Å². The molecule has 2 atom stereocenters. The van der Waals surface area contributed by atoms with Crippen LogP contribution in [0.15, 0.2) is 33.7 Å². The number of nitrogens with zero attached hydrogens (tertiary/aromatic N) is 2. The fourth-order valence-corrected chi connectivity index (χ4v) is 3.04. The molecule has 1 aromatic carbocycles. The number of alkyl halides is 2. The second kappa shape index (κ2) is 5.07. The van der Waals surface area contributed by atoms with Crippen molar-refractivity contribution in [3.05, 3.63) is 41.5 Å². The zero-order valence-electron chi connectivity index (χ0n) is 12.4. The molecule has 23 heavy (non-hydrogen) atoms. The zero-order valence-corrected chi connectivity index (χ0v) is 13.2. The fraction of sp³-hybridized carbons (Fsp3) is 0.429. The Labute approximate surface area is 131 Å². The highest BCUT2D eigenvalue weighted by Crippen LogP contribution is 2.66. The molecule has 0 saturated heterocycles. The standard InChI is InChI=1S/C14H15F2N3O3S/c1-7(2)12-18-13(22-19-12)11-10(14(11,15)16)8-3-5-9(6-4-8)23(17,20)21/h3-7,10-11H,1-2H3,(H2,17,20,21)/t10-,11+/m1/s1. The SMILES string of the molecule is CC(C)c1noc([C@@H]2[C@@H](c3ccc(S(N)(=O)=O)cc3)C2(F)F)n1. The van der Waals surface area contributed by atoms with E-state index in [9.17, 15) is 17.2 Å². The Kier molecular flexibility index (Phi) is 3.53. The third-order valence-corrected chi connectivity index (χ3v) is 4.79. The summed E-state index contributed by atoms with van der Waals surface area (Å²) in [4.78, 5) is 3.90. The lowest BCUT2D eigenvalue weighted by molar-refractivity contribution is 0.0999. The van der Waals surface area contributed by atoms with Crippen LogP contribution in [0.4, 0.5) is 8.78 Å². The predicted molar refractivity (Wildman–Crippen MR) is 76.6 cm³/mol. The topological polar surface area (TPSA) is 99.1 Å². The van der Waals surface area contributed by atoms with E-state index in [0.717, 1.165) is 0 Å². The second-order valence-electron chi connectivity index (χ2n) is 5.89. The molecule has 9 heteroatoms. The van der Waals surface area contributed by atoms with Crippen LogP contribution in [0.1, 0.15) is 48.9 Å². The normalized spacial score (nSPS) is 23.2. The predicted octanol–water partition coefficient (Wildman–Crippen LogP) is 2.36. The van der Waals surface area contributed by atoms with Crippen LogP contribution in [0.3, 0.4) is 0 Å². The molecule has 3 rings (SSSR count). The summed E-state index contributed by atoms with van der Waals surface area (Å²) in [5, 5.41) is 8.69. The van der Waals surface area contributed by atoms with Gasteiger partial charge in [0, 0.05) is 5.92 Å². The summed E-state index contributed by atoms with van der Waals surface area (Å²) in [5.41, 5.74) is 0.302. The molecule has 0 unspecified atom stereocenters. The van der Waals surface area contributed by atoms with Crippen molar-refractivity contribution in [2.24, 2.45) is 5.14 Å². The van der Waals surface area contributed by atoms with Gasteiger partial charge >= 0.3 is 0 Å². The highest BCUT2D eigenvalue weighted by Gasteiger charge is 2.72. The summed E-state index contributed by atoms with van der Waals surface area (Å²) in [6.45, 7) is 3.67. The van der Waals surface area contributed by atoms with Gasteiger partial charge in [-0.3, -0.25) is 0 Å². The molecule has 6 nitrogen and oxygen atoms in total. The number of benzene rings is 1. The molecule has 0 bridgehead atoms. The molecule has 1 aliphatic rings. The Morgan fingerprint density at radius 1 is 1.22 bits per heavy atom. The van der Waals surface area contributed by atoms with Crippen LogP contribution in [0.25, 0.3) is 0 Å². The van der Waals surface area contributed by atoms with E-state index in [1.165, 1.54) is 24.3 Å². The van der Waals surface area contributed by atoms with E-state index in [2.05, 4.69) is 10.1 Å². The minimum absolute atomic E-state index is 0.0210. The number of halogens is 2. The van der Waals surface area contributed by atoms with Gasteiger partial charge in [0.1, 0.15) is 5.92 Å². The molecule has 0 aliphatic heterocycles.